The molecule has 3 rings (SSSR count). The van der Waals surface area contributed by atoms with E-state index in [-0.39, 0.29) is 11.7 Å². The second-order valence-electron chi connectivity index (χ2n) is 6.20. The number of hydrogen-bond acceptors (Lipinski definition) is 6. The highest BCUT2D eigenvalue weighted by Gasteiger charge is 2.14. The maximum absolute atomic E-state index is 12.3. The number of aromatic nitrogens is 3. The predicted molar refractivity (Wildman–Crippen MR) is 121 cm³/mol. The molecule has 2 aromatic carbocycles. The van der Waals surface area contributed by atoms with E-state index in [1.165, 1.54) is 11.8 Å². The average Bonchev–Trinajstić information content (AvgIpc) is 3.13. The lowest BCUT2D eigenvalue weighted by Crippen LogP contribution is -2.15. The third-order valence-electron chi connectivity index (χ3n) is 4.10. The molecule has 0 radical (unpaired) electrons. The largest absolute Gasteiger partial charge is 0.495 e. The molecule has 0 unspecified atom stereocenters. The number of ether oxygens (including phenoxy) is 1. The highest BCUT2D eigenvalue weighted by molar-refractivity contribution is 7.99. The number of allylic oxidation sites excluding steroid dienone is 1. The minimum absolute atomic E-state index is 0.168. The lowest BCUT2D eigenvalue weighted by molar-refractivity contribution is -0.113. The van der Waals surface area contributed by atoms with Gasteiger partial charge in [0.1, 0.15) is 5.75 Å². The van der Waals surface area contributed by atoms with Crippen molar-refractivity contribution < 1.29 is 9.53 Å². The van der Waals surface area contributed by atoms with Gasteiger partial charge in [-0.3, -0.25) is 4.79 Å². The Morgan fingerprint density at radius 1 is 1.23 bits per heavy atom. The molecule has 0 saturated carbocycles. The van der Waals surface area contributed by atoms with Crippen LogP contribution in [0.25, 0.3) is 0 Å². The minimum atomic E-state index is -0.168. The van der Waals surface area contributed by atoms with E-state index < -0.39 is 0 Å². The molecule has 1 amide bonds. The molecule has 0 atom stereocenters. The van der Waals surface area contributed by atoms with Gasteiger partial charge in [0.05, 0.1) is 24.4 Å². The normalized spacial score (nSPS) is 10.5. The van der Waals surface area contributed by atoms with Crippen LogP contribution in [0, 0.1) is 0 Å². The number of carbonyl (C=O) groups is 1. The van der Waals surface area contributed by atoms with Gasteiger partial charge in [0, 0.05) is 17.9 Å². The molecular weight excluding hydrogens is 422 g/mol. The summed E-state index contributed by atoms with van der Waals surface area (Å²) in [5, 5.41) is 15.7. The summed E-state index contributed by atoms with van der Waals surface area (Å²) in [6.07, 6.45) is 1.78. The summed E-state index contributed by atoms with van der Waals surface area (Å²) >= 11 is 7.41. The van der Waals surface area contributed by atoms with Crippen LogP contribution in [0.1, 0.15) is 5.82 Å². The zero-order valence-electron chi connectivity index (χ0n) is 16.5. The summed E-state index contributed by atoms with van der Waals surface area (Å²) < 4.78 is 7.05. The van der Waals surface area contributed by atoms with Crippen molar-refractivity contribution in [3.8, 4) is 5.75 Å². The minimum Gasteiger partial charge on any atom is -0.495 e. The van der Waals surface area contributed by atoms with Gasteiger partial charge < -0.3 is 19.9 Å². The fourth-order valence-electron chi connectivity index (χ4n) is 2.68. The Kier molecular flexibility index (Phi) is 7.75. The average molecular weight is 444 g/mol. The Balaban J connectivity index is 1.60. The predicted octanol–water partition coefficient (Wildman–Crippen LogP) is 4.47. The van der Waals surface area contributed by atoms with E-state index in [4.69, 9.17) is 16.3 Å². The molecule has 30 heavy (non-hydrogen) atoms. The standard InChI is InChI=1S/C21H22ClN5O2S/c1-3-11-27-19(13-23-15-7-5-4-6-8-15)25-26-21(27)30-14-20(28)24-16-9-10-18(29-2)17(22)12-16/h3-10,12,23H,1,11,13-14H2,2H3,(H,24,28). The topological polar surface area (TPSA) is 81.1 Å². The number of hydrogen-bond donors (Lipinski definition) is 2. The van der Waals surface area contributed by atoms with E-state index in [9.17, 15) is 4.79 Å². The second kappa shape index (κ2) is 10.7. The Bertz CT molecular complexity index is 1010. The zero-order chi connectivity index (χ0) is 21.3. The van der Waals surface area contributed by atoms with Gasteiger partial charge in [-0.25, -0.2) is 0 Å². The van der Waals surface area contributed by atoms with E-state index in [1.807, 2.05) is 34.9 Å². The van der Waals surface area contributed by atoms with Crippen molar-refractivity contribution in [1.82, 2.24) is 14.8 Å². The van der Waals surface area contributed by atoms with Crippen molar-refractivity contribution >= 4 is 40.6 Å². The fraction of sp³-hybridized carbons (Fsp3) is 0.190. The van der Waals surface area contributed by atoms with Crippen LogP contribution in [0.4, 0.5) is 11.4 Å². The third kappa shape index (κ3) is 5.77. The molecule has 0 bridgehead atoms. The Labute approximate surface area is 184 Å². The van der Waals surface area contributed by atoms with Crippen molar-refractivity contribution in [2.24, 2.45) is 0 Å². The molecule has 1 heterocycles. The monoisotopic (exact) mass is 443 g/mol. The summed E-state index contributed by atoms with van der Waals surface area (Å²) in [5.41, 5.74) is 1.60. The Morgan fingerprint density at radius 3 is 2.73 bits per heavy atom. The first-order valence-electron chi connectivity index (χ1n) is 9.18. The highest BCUT2D eigenvalue weighted by Crippen LogP contribution is 2.27. The first-order valence-corrected chi connectivity index (χ1v) is 10.5. The number of para-hydroxylation sites is 1. The number of benzene rings is 2. The molecule has 0 spiro atoms. The number of anilines is 2. The summed E-state index contributed by atoms with van der Waals surface area (Å²) in [6.45, 7) is 4.87. The Hall–Kier alpha value is -2.97. The van der Waals surface area contributed by atoms with Crippen LogP contribution in [0.2, 0.25) is 5.02 Å². The molecule has 3 aromatic rings. The lowest BCUT2D eigenvalue weighted by atomic mass is 10.3. The molecular formula is C21H22ClN5O2S. The van der Waals surface area contributed by atoms with E-state index in [1.54, 1.807) is 31.4 Å². The van der Waals surface area contributed by atoms with Gasteiger partial charge in [0.15, 0.2) is 11.0 Å². The van der Waals surface area contributed by atoms with Gasteiger partial charge in [-0.2, -0.15) is 0 Å². The lowest BCUT2D eigenvalue weighted by Gasteiger charge is -2.10. The number of rotatable bonds is 10. The highest BCUT2D eigenvalue weighted by atomic mass is 35.5. The first kappa shape index (κ1) is 21.7. The first-order chi connectivity index (χ1) is 14.6. The number of nitrogens with one attached hydrogen (secondary N) is 2. The number of carbonyl (C=O) groups excluding carboxylic acids is 1. The summed E-state index contributed by atoms with van der Waals surface area (Å²) in [4.78, 5) is 12.3. The zero-order valence-corrected chi connectivity index (χ0v) is 18.0. The molecule has 2 N–H and O–H groups in total. The van der Waals surface area contributed by atoms with Gasteiger partial charge in [-0.15, -0.1) is 16.8 Å². The van der Waals surface area contributed by atoms with Crippen LogP contribution in [0.15, 0.2) is 66.3 Å². The summed E-state index contributed by atoms with van der Waals surface area (Å²) in [6, 6.07) is 15.0. The van der Waals surface area contributed by atoms with Crippen molar-refractivity contribution in [1.29, 1.82) is 0 Å². The van der Waals surface area contributed by atoms with Crippen molar-refractivity contribution in [3.05, 3.63) is 72.0 Å². The molecule has 0 aliphatic carbocycles. The maximum atomic E-state index is 12.3. The second-order valence-corrected chi connectivity index (χ2v) is 7.55. The van der Waals surface area contributed by atoms with Gasteiger partial charge in [0.2, 0.25) is 5.91 Å². The van der Waals surface area contributed by atoms with E-state index in [0.29, 0.717) is 34.7 Å². The van der Waals surface area contributed by atoms with Crippen LogP contribution in [0.3, 0.4) is 0 Å². The van der Waals surface area contributed by atoms with E-state index in [0.717, 1.165) is 11.5 Å². The number of thioether (sulfide) groups is 1. The van der Waals surface area contributed by atoms with Gasteiger partial charge in [0.25, 0.3) is 0 Å². The quantitative estimate of drug-likeness (QED) is 0.355. The fourth-order valence-corrected chi connectivity index (χ4v) is 3.70. The molecule has 156 valence electrons. The van der Waals surface area contributed by atoms with Gasteiger partial charge in [-0.05, 0) is 30.3 Å². The molecule has 7 nitrogen and oxygen atoms in total. The van der Waals surface area contributed by atoms with Crippen LogP contribution >= 0.6 is 23.4 Å². The molecule has 1 aromatic heterocycles. The number of halogens is 1. The summed E-state index contributed by atoms with van der Waals surface area (Å²) in [7, 11) is 1.54. The van der Waals surface area contributed by atoms with Crippen LogP contribution in [0.5, 0.6) is 5.75 Å². The number of methoxy groups -OCH3 is 1. The Morgan fingerprint density at radius 2 is 2.03 bits per heavy atom. The van der Waals surface area contributed by atoms with Crippen molar-refractivity contribution in [3.63, 3.8) is 0 Å². The maximum Gasteiger partial charge on any atom is 0.234 e. The van der Waals surface area contributed by atoms with Crippen LogP contribution < -0.4 is 15.4 Å². The van der Waals surface area contributed by atoms with E-state index >= 15 is 0 Å². The van der Waals surface area contributed by atoms with Crippen molar-refractivity contribution in [2.75, 3.05) is 23.5 Å². The van der Waals surface area contributed by atoms with Gasteiger partial charge in [-0.1, -0.05) is 47.6 Å². The van der Waals surface area contributed by atoms with Crippen LogP contribution in [-0.2, 0) is 17.9 Å². The molecule has 0 aliphatic rings. The van der Waals surface area contributed by atoms with E-state index in [2.05, 4.69) is 27.4 Å². The third-order valence-corrected chi connectivity index (χ3v) is 5.36. The summed E-state index contributed by atoms with van der Waals surface area (Å²) in [5.74, 6) is 1.34. The van der Waals surface area contributed by atoms with Crippen LogP contribution in [-0.4, -0.2) is 33.5 Å². The van der Waals surface area contributed by atoms with Crippen molar-refractivity contribution in [2.45, 2.75) is 18.2 Å². The molecule has 9 heteroatoms. The molecule has 0 saturated heterocycles. The SMILES string of the molecule is C=CCn1c(CNc2ccccc2)nnc1SCC(=O)Nc1ccc(OC)c(Cl)c1. The number of nitrogens with zero attached hydrogens (tertiary/aromatic N) is 3. The number of amides is 1. The smallest absolute Gasteiger partial charge is 0.234 e. The van der Waals surface area contributed by atoms with Gasteiger partial charge >= 0.3 is 0 Å². The molecule has 0 fully saturated rings. The molecule has 0 aliphatic heterocycles.